The number of nitrogens with one attached hydrogen (secondary N) is 1. The first kappa shape index (κ1) is 13.4. The van der Waals surface area contributed by atoms with Crippen molar-refractivity contribution in [1.82, 2.24) is 9.78 Å². The fourth-order valence-electron chi connectivity index (χ4n) is 2.31. The highest BCUT2D eigenvalue weighted by Gasteiger charge is 1.99. The van der Waals surface area contributed by atoms with E-state index in [1.54, 1.807) is 0 Å². The van der Waals surface area contributed by atoms with E-state index in [1.807, 2.05) is 23.0 Å². The van der Waals surface area contributed by atoms with Crippen LogP contribution in [0.25, 0.3) is 0 Å². The molecule has 0 spiro atoms. The number of benzene rings is 2. The molecule has 3 heteroatoms. The molecular weight excluding hydrogens is 258 g/mol. The van der Waals surface area contributed by atoms with Crippen LogP contribution in [0.15, 0.2) is 73.1 Å². The van der Waals surface area contributed by atoms with Gasteiger partial charge in [-0.1, -0.05) is 60.7 Å². The molecule has 21 heavy (non-hydrogen) atoms. The van der Waals surface area contributed by atoms with Crippen LogP contribution in [0.5, 0.6) is 0 Å². The Balaban J connectivity index is 1.51. The van der Waals surface area contributed by atoms with Gasteiger partial charge in [-0.3, -0.25) is 4.68 Å². The van der Waals surface area contributed by atoms with Crippen LogP contribution in [0.1, 0.15) is 11.1 Å². The van der Waals surface area contributed by atoms with Gasteiger partial charge in [-0.2, -0.15) is 5.10 Å². The lowest BCUT2D eigenvalue weighted by Crippen LogP contribution is -2.04. The first-order valence-corrected chi connectivity index (χ1v) is 7.24. The van der Waals surface area contributed by atoms with E-state index in [9.17, 15) is 0 Å². The van der Waals surface area contributed by atoms with Crippen LogP contribution in [0.4, 0.5) is 5.69 Å². The molecule has 0 aliphatic rings. The summed E-state index contributed by atoms with van der Waals surface area (Å²) in [6, 6.07) is 20.9. The molecule has 0 saturated carbocycles. The van der Waals surface area contributed by atoms with Gasteiger partial charge in [-0.05, 0) is 17.5 Å². The second kappa shape index (κ2) is 6.75. The maximum Gasteiger partial charge on any atom is 0.0726 e. The molecule has 0 saturated heterocycles. The molecule has 1 N–H and O–H groups in total. The summed E-state index contributed by atoms with van der Waals surface area (Å²) in [6.45, 7) is 1.72. The van der Waals surface area contributed by atoms with Gasteiger partial charge in [0.25, 0.3) is 0 Å². The molecule has 2 aromatic carbocycles. The number of anilines is 1. The first-order chi connectivity index (χ1) is 10.4. The third-order valence-electron chi connectivity index (χ3n) is 3.41. The van der Waals surface area contributed by atoms with Gasteiger partial charge < -0.3 is 5.32 Å². The quantitative estimate of drug-likeness (QED) is 0.746. The minimum absolute atomic E-state index is 0.807. The van der Waals surface area contributed by atoms with Crippen molar-refractivity contribution in [2.45, 2.75) is 13.0 Å². The number of nitrogens with zero attached hydrogens (tertiary/aromatic N) is 2. The summed E-state index contributed by atoms with van der Waals surface area (Å²) >= 11 is 0. The van der Waals surface area contributed by atoms with Crippen LogP contribution < -0.4 is 5.32 Å². The number of rotatable bonds is 6. The molecule has 0 bridgehead atoms. The molecule has 3 rings (SSSR count). The lowest BCUT2D eigenvalue weighted by atomic mass is 10.1. The summed E-state index contributed by atoms with van der Waals surface area (Å²) < 4.78 is 1.96. The molecule has 0 unspecified atom stereocenters. The minimum atomic E-state index is 0.807. The second-order valence-electron chi connectivity index (χ2n) is 5.07. The van der Waals surface area contributed by atoms with Gasteiger partial charge in [-0.25, -0.2) is 0 Å². The molecule has 3 aromatic rings. The average molecular weight is 277 g/mol. The zero-order valence-corrected chi connectivity index (χ0v) is 11.9. The van der Waals surface area contributed by atoms with Crippen LogP contribution in [0.3, 0.4) is 0 Å². The maximum absolute atomic E-state index is 4.39. The largest absolute Gasteiger partial charge is 0.382 e. The van der Waals surface area contributed by atoms with E-state index in [0.29, 0.717) is 0 Å². The predicted molar refractivity (Wildman–Crippen MR) is 86.4 cm³/mol. The van der Waals surface area contributed by atoms with Crippen molar-refractivity contribution in [2.75, 3.05) is 11.9 Å². The molecule has 0 radical (unpaired) electrons. The summed E-state index contributed by atoms with van der Waals surface area (Å²) in [5.41, 5.74) is 3.68. The van der Waals surface area contributed by atoms with E-state index >= 15 is 0 Å². The highest BCUT2D eigenvalue weighted by atomic mass is 15.3. The monoisotopic (exact) mass is 277 g/mol. The maximum atomic E-state index is 4.39. The van der Waals surface area contributed by atoms with E-state index in [-0.39, 0.29) is 0 Å². The fourth-order valence-corrected chi connectivity index (χ4v) is 2.31. The van der Waals surface area contributed by atoms with E-state index in [0.717, 1.165) is 25.2 Å². The van der Waals surface area contributed by atoms with Gasteiger partial charge in [0.15, 0.2) is 0 Å². The van der Waals surface area contributed by atoms with Gasteiger partial charge in [0.2, 0.25) is 0 Å². The van der Waals surface area contributed by atoms with Crippen molar-refractivity contribution in [3.63, 3.8) is 0 Å². The topological polar surface area (TPSA) is 29.9 Å². The molecule has 1 aromatic heterocycles. The van der Waals surface area contributed by atoms with E-state index in [4.69, 9.17) is 0 Å². The van der Waals surface area contributed by atoms with Crippen molar-refractivity contribution in [1.29, 1.82) is 0 Å². The van der Waals surface area contributed by atoms with Crippen molar-refractivity contribution in [3.8, 4) is 0 Å². The standard InChI is InChI=1S/C18H19N3/c1-3-7-16(8-4-1)11-12-19-18-13-20-21(15-18)14-17-9-5-2-6-10-17/h1-10,13,15,19H,11-12,14H2. The highest BCUT2D eigenvalue weighted by molar-refractivity contribution is 5.38. The van der Waals surface area contributed by atoms with E-state index in [2.05, 4.69) is 65.1 Å². The highest BCUT2D eigenvalue weighted by Crippen LogP contribution is 2.08. The Hall–Kier alpha value is -2.55. The SMILES string of the molecule is c1ccc(CCNc2cnn(Cc3ccccc3)c2)cc1. The Morgan fingerprint density at radius 3 is 2.24 bits per heavy atom. The zero-order chi connectivity index (χ0) is 14.3. The molecule has 3 nitrogen and oxygen atoms in total. The number of hydrogen-bond acceptors (Lipinski definition) is 2. The Morgan fingerprint density at radius 2 is 1.52 bits per heavy atom. The zero-order valence-electron chi connectivity index (χ0n) is 11.9. The molecule has 0 amide bonds. The van der Waals surface area contributed by atoms with Gasteiger partial charge >= 0.3 is 0 Å². The molecule has 1 heterocycles. The van der Waals surface area contributed by atoms with E-state index in [1.165, 1.54) is 11.1 Å². The summed E-state index contributed by atoms with van der Waals surface area (Å²) in [5, 5.41) is 7.81. The lowest BCUT2D eigenvalue weighted by molar-refractivity contribution is 0.687. The predicted octanol–water partition coefficient (Wildman–Crippen LogP) is 3.59. The lowest BCUT2D eigenvalue weighted by Gasteiger charge is -2.04. The van der Waals surface area contributed by atoms with Gasteiger partial charge in [0, 0.05) is 12.7 Å². The number of aromatic nitrogens is 2. The molecule has 0 fully saturated rings. The van der Waals surface area contributed by atoms with Crippen LogP contribution in [-0.4, -0.2) is 16.3 Å². The smallest absolute Gasteiger partial charge is 0.0726 e. The molecule has 106 valence electrons. The molecule has 0 aliphatic heterocycles. The van der Waals surface area contributed by atoms with Crippen LogP contribution in [0.2, 0.25) is 0 Å². The van der Waals surface area contributed by atoms with Crippen LogP contribution >= 0.6 is 0 Å². The normalized spacial score (nSPS) is 10.5. The fraction of sp³-hybridized carbons (Fsp3) is 0.167. The Morgan fingerprint density at radius 1 is 0.857 bits per heavy atom. The van der Waals surface area contributed by atoms with Crippen LogP contribution in [0, 0.1) is 0 Å². The van der Waals surface area contributed by atoms with Gasteiger partial charge in [-0.15, -0.1) is 0 Å². The van der Waals surface area contributed by atoms with E-state index < -0.39 is 0 Å². The summed E-state index contributed by atoms with van der Waals surface area (Å²) in [7, 11) is 0. The van der Waals surface area contributed by atoms with Gasteiger partial charge in [0.1, 0.15) is 0 Å². The van der Waals surface area contributed by atoms with Crippen molar-refractivity contribution in [3.05, 3.63) is 84.2 Å². The minimum Gasteiger partial charge on any atom is -0.382 e. The third kappa shape index (κ3) is 3.96. The Kier molecular flexibility index (Phi) is 4.32. The summed E-state index contributed by atoms with van der Waals surface area (Å²) in [5.74, 6) is 0. The van der Waals surface area contributed by atoms with Crippen molar-refractivity contribution in [2.24, 2.45) is 0 Å². The Labute approximate surface area is 125 Å². The molecule has 0 aliphatic carbocycles. The first-order valence-electron chi connectivity index (χ1n) is 7.24. The van der Waals surface area contributed by atoms with Crippen molar-refractivity contribution >= 4 is 5.69 Å². The summed E-state index contributed by atoms with van der Waals surface area (Å²) in [4.78, 5) is 0. The van der Waals surface area contributed by atoms with Crippen LogP contribution in [-0.2, 0) is 13.0 Å². The average Bonchev–Trinajstić information content (AvgIpc) is 2.97. The third-order valence-corrected chi connectivity index (χ3v) is 3.41. The second-order valence-corrected chi connectivity index (χ2v) is 5.07. The molecular formula is C18H19N3. The van der Waals surface area contributed by atoms with Gasteiger partial charge in [0.05, 0.1) is 18.4 Å². The molecule has 0 atom stereocenters. The Bertz CT molecular complexity index is 659. The summed E-state index contributed by atoms with van der Waals surface area (Å²) in [6.07, 6.45) is 4.95. The number of hydrogen-bond donors (Lipinski definition) is 1. The van der Waals surface area contributed by atoms with Crippen molar-refractivity contribution < 1.29 is 0 Å².